The molecule has 0 spiro atoms. The summed E-state index contributed by atoms with van der Waals surface area (Å²) >= 11 is 17.7. The second-order valence-corrected chi connectivity index (χ2v) is 7.38. The predicted octanol–water partition coefficient (Wildman–Crippen LogP) is 5.59. The zero-order valence-corrected chi connectivity index (χ0v) is 17.8. The molecule has 3 aromatic rings. The average molecular weight is 465 g/mol. The first-order chi connectivity index (χ1) is 14.4. The minimum absolute atomic E-state index is 0.0770. The molecule has 0 aliphatic carbocycles. The number of carbonyl (C=O) groups excluding carboxylic acids is 2. The summed E-state index contributed by atoms with van der Waals surface area (Å²) in [6, 6.07) is 14.8. The number of halogens is 3. The zero-order valence-electron chi connectivity index (χ0n) is 15.5. The van der Waals surface area contributed by atoms with Crippen LogP contribution in [-0.4, -0.2) is 23.3 Å². The number of benzene rings is 2. The third-order valence-corrected chi connectivity index (χ3v) is 4.62. The molecule has 0 fully saturated rings. The fourth-order valence-corrected chi connectivity index (χ4v) is 2.99. The molecule has 1 heterocycles. The van der Waals surface area contributed by atoms with Crippen LogP contribution >= 0.6 is 34.8 Å². The number of hydrogen-bond donors (Lipinski definition) is 2. The van der Waals surface area contributed by atoms with Gasteiger partial charge in [0.2, 0.25) is 11.8 Å². The largest absolute Gasteiger partial charge is 0.435 e. The number of aromatic nitrogens is 1. The second-order valence-electron chi connectivity index (χ2n) is 6.10. The van der Waals surface area contributed by atoms with Gasteiger partial charge in [-0.25, -0.2) is 4.98 Å². The summed E-state index contributed by atoms with van der Waals surface area (Å²) in [5, 5.41) is 6.61. The van der Waals surface area contributed by atoms with Crippen molar-refractivity contribution in [3.63, 3.8) is 0 Å². The van der Waals surface area contributed by atoms with Gasteiger partial charge in [-0.2, -0.15) is 0 Å². The van der Waals surface area contributed by atoms with Crippen LogP contribution in [0.4, 0.5) is 5.69 Å². The Kier molecular flexibility index (Phi) is 7.52. The van der Waals surface area contributed by atoms with Gasteiger partial charge in [-0.15, -0.1) is 0 Å². The van der Waals surface area contributed by atoms with Crippen LogP contribution < -0.4 is 15.4 Å². The second kappa shape index (κ2) is 10.3. The van der Waals surface area contributed by atoms with E-state index in [1.165, 1.54) is 12.3 Å². The first-order valence-corrected chi connectivity index (χ1v) is 9.97. The van der Waals surface area contributed by atoms with Crippen LogP contribution in [-0.2, 0) is 4.79 Å². The van der Waals surface area contributed by atoms with Gasteiger partial charge in [0, 0.05) is 29.7 Å². The van der Waals surface area contributed by atoms with E-state index in [2.05, 4.69) is 15.6 Å². The van der Waals surface area contributed by atoms with Crippen LogP contribution in [0.3, 0.4) is 0 Å². The maximum Gasteiger partial charge on any atom is 0.251 e. The molecule has 0 atom stereocenters. The van der Waals surface area contributed by atoms with Gasteiger partial charge >= 0.3 is 0 Å². The van der Waals surface area contributed by atoms with E-state index in [-0.39, 0.29) is 35.7 Å². The van der Waals surface area contributed by atoms with E-state index >= 15 is 0 Å². The number of amides is 2. The number of nitrogens with zero attached hydrogens (tertiary/aromatic N) is 1. The van der Waals surface area contributed by atoms with Gasteiger partial charge in [0.1, 0.15) is 5.02 Å². The normalized spacial score (nSPS) is 10.4. The van der Waals surface area contributed by atoms with Crippen molar-refractivity contribution in [2.45, 2.75) is 6.42 Å². The molecule has 6 nitrogen and oxygen atoms in total. The number of para-hydroxylation sites is 2. The first-order valence-electron chi connectivity index (χ1n) is 8.84. The van der Waals surface area contributed by atoms with E-state index in [4.69, 9.17) is 39.5 Å². The molecule has 2 N–H and O–H groups in total. The summed E-state index contributed by atoms with van der Waals surface area (Å²) in [5.41, 5.74) is 0.908. The van der Waals surface area contributed by atoms with Gasteiger partial charge in [-0.05, 0) is 42.5 Å². The van der Waals surface area contributed by atoms with Crippen LogP contribution in [0.1, 0.15) is 16.8 Å². The number of carbonyl (C=O) groups is 2. The van der Waals surface area contributed by atoms with Gasteiger partial charge in [-0.1, -0.05) is 46.9 Å². The highest BCUT2D eigenvalue weighted by Gasteiger charge is 2.12. The molecule has 1 aromatic heterocycles. The van der Waals surface area contributed by atoms with Gasteiger partial charge in [-0.3, -0.25) is 9.59 Å². The molecule has 9 heteroatoms. The van der Waals surface area contributed by atoms with Crippen molar-refractivity contribution in [2.24, 2.45) is 0 Å². The summed E-state index contributed by atoms with van der Waals surface area (Å²) in [5.74, 6) is -0.0463. The highest BCUT2D eigenvalue weighted by atomic mass is 35.5. The number of rotatable bonds is 7. The van der Waals surface area contributed by atoms with Crippen LogP contribution in [0, 0.1) is 0 Å². The topological polar surface area (TPSA) is 80.3 Å². The van der Waals surface area contributed by atoms with Crippen molar-refractivity contribution in [3.05, 3.63) is 81.4 Å². The fraction of sp³-hybridized carbons (Fsp3) is 0.0952. The summed E-state index contributed by atoms with van der Waals surface area (Å²) in [6.45, 7) is 0.168. The summed E-state index contributed by atoms with van der Waals surface area (Å²) < 4.78 is 5.71. The maximum absolute atomic E-state index is 12.3. The van der Waals surface area contributed by atoms with Gasteiger partial charge in [0.05, 0.1) is 10.7 Å². The monoisotopic (exact) mass is 463 g/mol. The smallest absolute Gasteiger partial charge is 0.251 e. The number of pyridine rings is 1. The molecule has 0 aliphatic heterocycles. The van der Waals surface area contributed by atoms with Crippen molar-refractivity contribution >= 4 is 52.3 Å². The summed E-state index contributed by atoms with van der Waals surface area (Å²) in [6.07, 6.45) is 1.49. The lowest BCUT2D eigenvalue weighted by Crippen LogP contribution is -2.27. The summed E-state index contributed by atoms with van der Waals surface area (Å²) in [7, 11) is 0. The Hall–Kier alpha value is -2.80. The molecule has 0 saturated carbocycles. The molecular formula is C21H16Cl3N3O3. The van der Waals surface area contributed by atoms with Crippen molar-refractivity contribution in [2.75, 3.05) is 11.9 Å². The molecule has 0 bridgehead atoms. The van der Waals surface area contributed by atoms with Crippen LogP contribution in [0.25, 0.3) is 0 Å². The molecule has 0 aliphatic rings. The molecule has 2 amide bonds. The minimum Gasteiger partial charge on any atom is -0.435 e. The molecule has 154 valence electrons. The fourth-order valence-electron chi connectivity index (χ4n) is 2.45. The molecule has 30 heavy (non-hydrogen) atoms. The predicted molar refractivity (Wildman–Crippen MR) is 118 cm³/mol. The molecule has 0 radical (unpaired) electrons. The van der Waals surface area contributed by atoms with E-state index in [9.17, 15) is 9.59 Å². The van der Waals surface area contributed by atoms with E-state index in [1.54, 1.807) is 48.5 Å². The molecule has 0 saturated heterocycles. The Morgan fingerprint density at radius 1 is 0.967 bits per heavy atom. The summed E-state index contributed by atoms with van der Waals surface area (Å²) in [4.78, 5) is 28.4. The Balaban J connectivity index is 1.56. The molecule has 0 unspecified atom stereocenters. The lowest BCUT2D eigenvalue weighted by Gasteiger charge is -2.12. The van der Waals surface area contributed by atoms with Crippen molar-refractivity contribution in [1.82, 2.24) is 10.3 Å². The molecule has 3 rings (SSSR count). The Morgan fingerprint density at radius 2 is 1.70 bits per heavy atom. The third kappa shape index (κ3) is 6.10. The molecule has 2 aromatic carbocycles. The van der Waals surface area contributed by atoms with Crippen LogP contribution in [0.5, 0.6) is 11.6 Å². The highest BCUT2D eigenvalue weighted by molar-refractivity contribution is 6.35. The Morgan fingerprint density at radius 3 is 2.43 bits per heavy atom. The van der Waals surface area contributed by atoms with E-state index in [1.807, 2.05) is 0 Å². The van der Waals surface area contributed by atoms with E-state index in [0.29, 0.717) is 27.0 Å². The zero-order chi connectivity index (χ0) is 21.5. The quantitative estimate of drug-likeness (QED) is 0.477. The van der Waals surface area contributed by atoms with Crippen LogP contribution in [0.15, 0.2) is 60.8 Å². The van der Waals surface area contributed by atoms with Crippen LogP contribution in [0.2, 0.25) is 15.1 Å². The first kappa shape index (κ1) is 21.9. The molecular weight excluding hydrogens is 449 g/mol. The number of nitrogens with one attached hydrogen (secondary N) is 2. The third-order valence-electron chi connectivity index (χ3n) is 3.89. The standard InChI is InChI=1S/C21H16Cl3N3O3/c22-14-7-5-13(6-8-14)20(29)25-10-9-19(28)27-17-3-1-2-4-18(17)30-21-16(24)11-15(23)12-26-21/h1-8,11-12H,9-10H2,(H,25,29)(H,27,28). The Labute approximate surface area is 188 Å². The van der Waals surface area contributed by atoms with E-state index < -0.39 is 0 Å². The maximum atomic E-state index is 12.3. The van der Waals surface area contributed by atoms with Crippen molar-refractivity contribution < 1.29 is 14.3 Å². The average Bonchev–Trinajstić information content (AvgIpc) is 2.72. The van der Waals surface area contributed by atoms with Crippen molar-refractivity contribution in [3.8, 4) is 11.6 Å². The van der Waals surface area contributed by atoms with Crippen molar-refractivity contribution in [1.29, 1.82) is 0 Å². The lowest BCUT2D eigenvalue weighted by molar-refractivity contribution is -0.116. The highest BCUT2D eigenvalue weighted by Crippen LogP contribution is 2.33. The Bertz CT molecular complexity index is 1060. The SMILES string of the molecule is O=C(CCNC(=O)c1ccc(Cl)cc1)Nc1ccccc1Oc1ncc(Cl)cc1Cl. The minimum atomic E-state index is -0.294. The number of hydrogen-bond acceptors (Lipinski definition) is 4. The van der Waals surface area contributed by atoms with Gasteiger partial charge in [0.25, 0.3) is 5.91 Å². The van der Waals surface area contributed by atoms with Gasteiger partial charge < -0.3 is 15.4 Å². The lowest BCUT2D eigenvalue weighted by atomic mass is 10.2. The van der Waals surface area contributed by atoms with Gasteiger partial charge in [0.15, 0.2) is 5.75 Å². The number of anilines is 1. The van der Waals surface area contributed by atoms with E-state index in [0.717, 1.165) is 0 Å². The number of ether oxygens (including phenoxy) is 1.